The fraction of sp³-hybridized carbons (Fsp3) is 0.562. The van der Waals surface area contributed by atoms with Crippen LogP contribution in [0.3, 0.4) is 0 Å². The van der Waals surface area contributed by atoms with Gasteiger partial charge < -0.3 is 15.1 Å². The van der Waals surface area contributed by atoms with E-state index in [9.17, 15) is 15.0 Å². The zero-order valence-electron chi connectivity index (χ0n) is 12.7. The van der Waals surface area contributed by atoms with Crippen LogP contribution in [0, 0.1) is 5.92 Å². The Balaban J connectivity index is 1.87. The molecule has 1 fully saturated rings. The number of phenols is 2. The Hall–Kier alpha value is -1.59. The third kappa shape index (κ3) is 4.44. The Bertz CT molecular complexity index is 494. The summed E-state index contributed by atoms with van der Waals surface area (Å²) in [5, 5.41) is 19.0. The summed E-state index contributed by atoms with van der Waals surface area (Å²) in [5.41, 5.74) is 0.275. The highest BCUT2D eigenvalue weighted by Crippen LogP contribution is 2.23. The van der Waals surface area contributed by atoms with Gasteiger partial charge in [0.25, 0.3) is 0 Å². The Labute approximate surface area is 125 Å². The minimum atomic E-state index is -0.154. The summed E-state index contributed by atoms with van der Waals surface area (Å²) in [5.74, 6) is 0.363. The predicted octanol–water partition coefficient (Wildman–Crippen LogP) is 1.55. The standard InChI is InChI=1S/C16H24N2O3/c1-12(2)10-17-5-7-18(8-6-17)11-16(21)14-4-3-13(19)9-15(14)20/h3-4,9,12,19-20H,5-8,10-11H2,1-2H3. The number of phenolic OH excluding ortho intramolecular Hbond substituents is 2. The van der Waals surface area contributed by atoms with E-state index in [0.29, 0.717) is 12.5 Å². The molecule has 0 bridgehead atoms. The van der Waals surface area contributed by atoms with Gasteiger partial charge in [0.05, 0.1) is 12.1 Å². The number of rotatable bonds is 5. The highest BCUT2D eigenvalue weighted by Gasteiger charge is 2.21. The molecule has 0 unspecified atom stereocenters. The highest BCUT2D eigenvalue weighted by molar-refractivity contribution is 6.00. The summed E-state index contributed by atoms with van der Waals surface area (Å²) in [6, 6.07) is 4.10. The van der Waals surface area contributed by atoms with Crippen molar-refractivity contribution in [1.29, 1.82) is 0 Å². The molecule has 1 saturated heterocycles. The summed E-state index contributed by atoms with van der Waals surface area (Å²) in [6.07, 6.45) is 0. The first-order chi connectivity index (χ1) is 9.95. The number of ketones is 1. The Morgan fingerprint density at radius 2 is 1.76 bits per heavy atom. The van der Waals surface area contributed by atoms with Crippen molar-refractivity contribution in [2.75, 3.05) is 39.3 Å². The van der Waals surface area contributed by atoms with Crippen LogP contribution in [0.5, 0.6) is 11.5 Å². The highest BCUT2D eigenvalue weighted by atomic mass is 16.3. The van der Waals surface area contributed by atoms with E-state index < -0.39 is 0 Å². The molecule has 0 atom stereocenters. The van der Waals surface area contributed by atoms with Crippen molar-refractivity contribution in [2.45, 2.75) is 13.8 Å². The lowest BCUT2D eigenvalue weighted by Crippen LogP contribution is -2.48. The maximum Gasteiger partial charge on any atom is 0.180 e. The van der Waals surface area contributed by atoms with E-state index in [0.717, 1.165) is 32.7 Å². The molecule has 2 N–H and O–H groups in total. The third-order valence-corrected chi connectivity index (χ3v) is 3.74. The summed E-state index contributed by atoms with van der Waals surface area (Å²) in [6.45, 7) is 9.54. The molecule has 21 heavy (non-hydrogen) atoms. The van der Waals surface area contributed by atoms with Gasteiger partial charge in [0.2, 0.25) is 0 Å². The summed E-state index contributed by atoms with van der Waals surface area (Å²) < 4.78 is 0. The number of hydrogen-bond acceptors (Lipinski definition) is 5. The summed E-state index contributed by atoms with van der Waals surface area (Å²) in [4.78, 5) is 16.7. The minimum Gasteiger partial charge on any atom is -0.508 e. The van der Waals surface area contributed by atoms with Gasteiger partial charge in [-0.1, -0.05) is 13.8 Å². The van der Waals surface area contributed by atoms with Crippen LogP contribution in [0.25, 0.3) is 0 Å². The number of hydrogen-bond donors (Lipinski definition) is 2. The van der Waals surface area contributed by atoms with E-state index in [2.05, 4.69) is 23.6 Å². The van der Waals surface area contributed by atoms with E-state index in [1.54, 1.807) is 0 Å². The van der Waals surface area contributed by atoms with Crippen LogP contribution < -0.4 is 0 Å². The smallest absolute Gasteiger partial charge is 0.180 e. The largest absolute Gasteiger partial charge is 0.508 e. The van der Waals surface area contributed by atoms with Crippen LogP contribution in [0.4, 0.5) is 0 Å². The average Bonchev–Trinajstić information content (AvgIpc) is 2.40. The van der Waals surface area contributed by atoms with Crippen LogP contribution in [0.1, 0.15) is 24.2 Å². The van der Waals surface area contributed by atoms with E-state index in [1.165, 1.54) is 18.2 Å². The van der Waals surface area contributed by atoms with E-state index in [4.69, 9.17) is 0 Å². The molecular weight excluding hydrogens is 268 g/mol. The summed E-state index contributed by atoms with van der Waals surface area (Å²) >= 11 is 0. The zero-order valence-corrected chi connectivity index (χ0v) is 12.7. The SMILES string of the molecule is CC(C)CN1CCN(CC(=O)c2ccc(O)cc2O)CC1. The number of aromatic hydroxyl groups is 2. The molecule has 5 nitrogen and oxygen atoms in total. The lowest BCUT2D eigenvalue weighted by atomic mass is 10.1. The van der Waals surface area contributed by atoms with Crippen LogP contribution in [0.2, 0.25) is 0 Å². The molecule has 0 radical (unpaired) electrons. The molecule has 0 aliphatic carbocycles. The number of benzene rings is 1. The fourth-order valence-electron chi connectivity index (χ4n) is 2.69. The molecule has 0 aromatic heterocycles. The van der Waals surface area contributed by atoms with Crippen molar-refractivity contribution in [3.8, 4) is 11.5 Å². The van der Waals surface area contributed by atoms with Gasteiger partial charge >= 0.3 is 0 Å². The molecule has 1 aromatic carbocycles. The van der Waals surface area contributed by atoms with Crippen LogP contribution >= 0.6 is 0 Å². The first-order valence-electron chi connectivity index (χ1n) is 7.45. The number of piperazine rings is 1. The van der Waals surface area contributed by atoms with Gasteiger partial charge in [0.15, 0.2) is 5.78 Å². The van der Waals surface area contributed by atoms with E-state index >= 15 is 0 Å². The second-order valence-electron chi connectivity index (χ2n) is 6.10. The molecule has 2 rings (SSSR count). The molecule has 1 aromatic rings. The molecule has 0 saturated carbocycles. The van der Waals surface area contributed by atoms with Crippen LogP contribution in [-0.2, 0) is 0 Å². The maximum atomic E-state index is 12.2. The molecule has 1 aliphatic heterocycles. The van der Waals surface area contributed by atoms with Crippen LogP contribution in [0.15, 0.2) is 18.2 Å². The fourth-order valence-corrected chi connectivity index (χ4v) is 2.69. The van der Waals surface area contributed by atoms with Crippen molar-refractivity contribution >= 4 is 5.78 Å². The minimum absolute atomic E-state index is 0.0358. The Kier molecular flexibility index (Phi) is 5.20. The quantitative estimate of drug-likeness (QED) is 0.806. The molecular formula is C16H24N2O3. The lowest BCUT2D eigenvalue weighted by Gasteiger charge is -2.35. The van der Waals surface area contributed by atoms with Crippen molar-refractivity contribution < 1.29 is 15.0 Å². The van der Waals surface area contributed by atoms with Crippen molar-refractivity contribution in [1.82, 2.24) is 9.80 Å². The van der Waals surface area contributed by atoms with Gasteiger partial charge in [-0.25, -0.2) is 0 Å². The average molecular weight is 292 g/mol. The molecule has 1 aliphatic rings. The molecule has 116 valence electrons. The molecule has 0 amide bonds. The molecule has 1 heterocycles. The zero-order chi connectivity index (χ0) is 15.4. The molecule has 5 heteroatoms. The van der Waals surface area contributed by atoms with Gasteiger partial charge in [0, 0.05) is 38.8 Å². The van der Waals surface area contributed by atoms with Gasteiger partial charge in [-0.3, -0.25) is 9.69 Å². The predicted molar refractivity (Wildman–Crippen MR) is 81.8 cm³/mol. The monoisotopic (exact) mass is 292 g/mol. The van der Waals surface area contributed by atoms with Gasteiger partial charge in [-0.05, 0) is 18.1 Å². The number of carbonyl (C=O) groups excluding carboxylic acids is 1. The van der Waals surface area contributed by atoms with Crippen LogP contribution in [-0.4, -0.2) is 65.1 Å². The Morgan fingerprint density at radius 1 is 1.14 bits per heavy atom. The van der Waals surface area contributed by atoms with Crippen molar-refractivity contribution in [3.05, 3.63) is 23.8 Å². The number of nitrogens with zero attached hydrogens (tertiary/aromatic N) is 2. The Morgan fingerprint density at radius 3 is 2.33 bits per heavy atom. The van der Waals surface area contributed by atoms with E-state index in [1.807, 2.05) is 0 Å². The topological polar surface area (TPSA) is 64.0 Å². The lowest BCUT2D eigenvalue weighted by molar-refractivity contribution is 0.0835. The first-order valence-corrected chi connectivity index (χ1v) is 7.45. The number of Topliss-reactive ketones (excluding diaryl/α,β-unsaturated/α-hetero) is 1. The molecule has 0 spiro atoms. The summed E-state index contributed by atoms with van der Waals surface area (Å²) in [7, 11) is 0. The van der Waals surface area contributed by atoms with Gasteiger partial charge in [-0.2, -0.15) is 0 Å². The third-order valence-electron chi connectivity index (χ3n) is 3.74. The first kappa shape index (κ1) is 15.8. The normalized spacial score (nSPS) is 17.3. The number of carbonyl (C=O) groups is 1. The van der Waals surface area contributed by atoms with Crippen molar-refractivity contribution in [2.24, 2.45) is 5.92 Å². The van der Waals surface area contributed by atoms with Gasteiger partial charge in [-0.15, -0.1) is 0 Å². The van der Waals surface area contributed by atoms with Crippen molar-refractivity contribution in [3.63, 3.8) is 0 Å². The second-order valence-corrected chi connectivity index (χ2v) is 6.10. The maximum absolute atomic E-state index is 12.2. The second kappa shape index (κ2) is 6.91. The van der Waals surface area contributed by atoms with E-state index in [-0.39, 0.29) is 22.8 Å². The van der Waals surface area contributed by atoms with Gasteiger partial charge in [0.1, 0.15) is 11.5 Å².